The lowest BCUT2D eigenvalue weighted by Gasteiger charge is -2.50. The number of phenolic OH excluding ortho intramolecular Hbond substituents is 1. The van der Waals surface area contributed by atoms with E-state index in [1.165, 1.54) is 11.0 Å². The van der Waals surface area contributed by atoms with Gasteiger partial charge >= 0.3 is 0 Å². The van der Waals surface area contributed by atoms with Crippen molar-refractivity contribution in [1.29, 1.82) is 0 Å². The van der Waals surface area contributed by atoms with Gasteiger partial charge in [-0.2, -0.15) is 0 Å². The molecule has 0 bridgehead atoms. The molecule has 0 unspecified atom stereocenters. The first kappa shape index (κ1) is 36.6. The lowest BCUT2D eigenvalue weighted by molar-refractivity contribution is -0.144. The minimum absolute atomic E-state index is 0.0667. The summed E-state index contributed by atoms with van der Waals surface area (Å²) in [4.78, 5) is 54.6. The van der Waals surface area contributed by atoms with Crippen LogP contribution in [0.3, 0.4) is 0 Å². The van der Waals surface area contributed by atoms with Gasteiger partial charge < -0.3 is 5.11 Å². The molecule has 3 aromatic rings. The SMILES string of the molecule is O=C1[C@H]2[C@H](CC=C3[C@H]2C[C@@]2(Cl)C(=O)N(c4c(F)c(F)c(F)c(F)c4F)C(=O)[C@@]2(Cl)[C@H]3c2cccc(F)c2O)C(=O)N1C1CCN(Cc2ccccc2)CC1. The number of amides is 4. The Hall–Kier alpha value is -4.40. The van der Waals surface area contributed by atoms with Crippen molar-refractivity contribution in [2.24, 2.45) is 17.8 Å². The quantitative estimate of drug-likeness (QED) is 0.0797. The van der Waals surface area contributed by atoms with Crippen LogP contribution in [0, 0.1) is 52.7 Å². The van der Waals surface area contributed by atoms with Crippen LogP contribution in [-0.4, -0.2) is 67.4 Å². The van der Waals surface area contributed by atoms with Crippen LogP contribution in [0.1, 0.15) is 42.7 Å². The van der Waals surface area contributed by atoms with Crippen molar-refractivity contribution in [2.45, 2.75) is 53.9 Å². The number of para-hydroxylation sites is 1. The number of imide groups is 2. The number of piperidine rings is 1. The molecule has 0 spiro atoms. The predicted octanol–water partition coefficient (Wildman–Crippen LogP) is 6.45. The Labute approximate surface area is 313 Å². The molecular formula is C38H29Cl2F6N3O5. The molecule has 282 valence electrons. The third-order valence-corrected chi connectivity index (χ3v) is 13.2. The number of hydrogen-bond acceptors (Lipinski definition) is 6. The van der Waals surface area contributed by atoms with Crippen molar-refractivity contribution in [3.8, 4) is 5.75 Å². The number of hydrogen-bond donors (Lipinski definition) is 1. The fourth-order valence-corrected chi connectivity index (χ4v) is 10.2. The van der Waals surface area contributed by atoms with Gasteiger partial charge in [-0.3, -0.25) is 29.0 Å². The van der Waals surface area contributed by atoms with Gasteiger partial charge in [-0.05, 0) is 43.2 Å². The molecule has 4 fully saturated rings. The summed E-state index contributed by atoms with van der Waals surface area (Å²) in [6, 6.07) is 12.5. The second-order valence-corrected chi connectivity index (χ2v) is 15.7. The van der Waals surface area contributed by atoms with E-state index in [0.717, 1.165) is 23.8 Å². The van der Waals surface area contributed by atoms with E-state index in [4.69, 9.17) is 23.2 Å². The predicted molar refractivity (Wildman–Crippen MR) is 181 cm³/mol. The van der Waals surface area contributed by atoms with Crippen LogP contribution < -0.4 is 4.90 Å². The van der Waals surface area contributed by atoms with Gasteiger partial charge in [0.25, 0.3) is 11.8 Å². The minimum atomic E-state index is -2.87. The first-order valence-electron chi connectivity index (χ1n) is 17.2. The zero-order valence-corrected chi connectivity index (χ0v) is 29.5. The summed E-state index contributed by atoms with van der Waals surface area (Å²) in [6.45, 7) is 1.85. The molecule has 8 rings (SSSR count). The number of alkyl halides is 2. The number of aromatic hydroxyl groups is 1. The van der Waals surface area contributed by atoms with Crippen molar-refractivity contribution >= 4 is 52.5 Å². The summed E-state index contributed by atoms with van der Waals surface area (Å²) in [5.41, 5.74) is -1.10. The Morgan fingerprint density at radius 3 is 2.04 bits per heavy atom. The van der Waals surface area contributed by atoms with Crippen molar-refractivity contribution in [3.63, 3.8) is 0 Å². The average molecular weight is 793 g/mol. The monoisotopic (exact) mass is 791 g/mol. The van der Waals surface area contributed by atoms with Crippen LogP contribution in [0.25, 0.3) is 0 Å². The smallest absolute Gasteiger partial charge is 0.258 e. The number of likely N-dealkylation sites (tertiary alicyclic amines) is 2. The van der Waals surface area contributed by atoms with Crippen LogP contribution in [0.4, 0.5) is 32.0 Å². The number of anilines is 1. The van der Waals surface area contributed by atoms with E-state index in [0.29, 0.717) is 32.5 Å². The summed E-state index contributed by atoms with van der Waals surface area (Å²) in [7, 11) is 0. The van der Waals surface area contributed by atoms with E-state index in [9.17, 15) is 41.8 Å². The molecule has 0 radical (unpaired) electrons. The fourth-order valence-electron chi connectivity index (χ4n) is 9.24. The normalized spacial score (nSPS) is 30.1. The standard InChI is InChI=1S/C38H29Cl2F6N3O5/c39-37-15-22-19(9-10-20-24(22)34(52)48(33(20)51)18-11-13-47(14-12-18)16-17-5-2-1-3-6-17)25(21-7-4-8-23(41)32(21)50)38(37,40)36(54)49(35(37)53)31-29(45)27(43)26(42)28(44)30(31)46/h1-9,18,20,22,24-25,50H,10-16H2/t20-,22+,24-,25+,37+,38-/m0/s1. The van der Waals surface area contributed by atoms with E-state index < -0.39 is 121 Å². The van der Waals surface area contributed by atoms with Crippen LogP contribution in [-0.2, 0) is 25.7 Å². The molecule has 3 aromatic carbocycles. The highest BCUT2D eigenvalue weighted by Crippen LogP contribution is 2.67. The lowest BCUT2D eigenvalue weighted by atomic mass is 9.56. The molecule has 8 nitrogen and oxygen atoms in total. The van der Waals surface area contributed by atoms with Gasteiger partial charge in [0, 0.05) is 37.2 Å². The van der Waals surface area contributed by atoms with Crippen LogP contribution in [0.2, 0.25) is 0 Å². The summed E-state index contributed by atoms with van der Waals surface area (Å²) >= 11 is 14.2. The molecule has 16 heteroatoms. The first-order valence-corrected chi connectivity index (χ1v) is 18.0. The van der Waals surface area contributed by atoms with E-state index in [1.807, 2.05) is 30.3 Å². The lowest BCUT2D eigenvalue weighted by Crippen LogP contribution is -2.60. The number of halogens is 8. The van der Waals surface area contributed by atoms with Gasteiger partial charge in [-0.25, -0.2) is 31.2 Å². The zero-order chi connectivity index (χ0) is 38.6. The zero-order valence-electron chi connectivity index (χ0n) is 28.0. The maximum absolute atomic E-state index is 15.2. The van der Waals surface area contributed by atoms with Crippen LogP contribution >= 0.6 is 23.2 Å². The van der Waals surface area contributed by atoms with Gasteiger partial charge in [0.2, 0.25) is 17.6 Å². The topological polar surface area (TPSA) is 98.2 Å². The maximum atomic E-state index is 15.2. The molecule has 1 N–H and O–H groups in total. The van der Waals surface area contributed by atoms with E-state index in [2.05, 4.69) is 4.90 Å². The highest BCUT2D eigenvalue weighted by Gasteiger charge is 2.77. The molecule has 54 heavy (non-hydrogen) atoms. The van der Waals surface area contributed by atoms with Gasteiger partial charge in [0.1, 0.15) is 5.69 Å². The molecule has 2 aliphatic carbocycles. The van der Waals surface area contributed by atoms with Crippen molar-refractivity contribution in [3.05, 3.63) is 106 Å². The Kier molecular flexibility index (Phi) is 8.70. The maximum Gasteiger partial charge on any atom is 0.258 e. The number of phenols is 1. The molecule has 3 heterocycles. The van der Waals surface area contributed by atoms with E-state index in [-0.39, 0.29) is 16.9 Å². The van der Waals surface area contributed by atoms with Crippen molar-refractivity contribution in [2.75, 3.05) is 18.0 Å². The Morgan fingerprint density at radius 1 is 0.759 bits per heavy atom. The third-order valence-electron chi connectivity index (χ3n) is 11.8. The summed E-state index contributed by atoms with van der Waals surface area (Å²) in [5, 5.41) is 11.0. The number of carbonyl (C=O) groups is 4. The number of rotatable bonds is 5. The highest BCUT2D eigenvalue weighted by molar-refractivity contribution is 6.58. The van der Waals surface area contributed by atoms with Gasteiger partial charge in [0.05, 0.1) is 11.8 Å². The second-order valence-electron chi connectivity index (χ2n) is 14.4. The summed E-state index contributed by atoms with van der Waals surface area (Å²) in [6.07, 6.45) is 1.68. The fraction of sp³-hybridized carbons (Fsp3) is 0.368. The Balaban J connectivity index is 1.19. The minimum Gasteiger partial charge on any atom is -0.505 e. The third kappa shape index (κ3) is 4.94. The van der Waals surface area contributed by atoms with E-state index >= 15 is 8.78 Å². The van der Waals surface area contributed by atoms with Crippen molar-refractivity contribution < 1.29 is 50.6 Å². The number of fused-ring (bicyclic) bond motifs is 4. The van der Waals surface area contributed by atoms with Crippen molar-refractivity contribution in [1.82, 2.24) is 9.80 Å². The number of nitrogens with zero attached hydrogens (tertiary/aromatic N) is 3. The number of allylic oxidation sites excluding steroid dienone is 2. The molecule has 3 aliphatic heterocycles. The summed E-state index contributed by atoms with van der Waals surface area (Å²) < 4.78 is 88.4. The molecule has 0 aromatic heterocycles. The Bertz CT molecular complexity index is 2160. The molecular weight excluding hydrogens is 763 g/mol. The Morgan fingerprint density at radius 2 is 1.39 bits per heavy atom. The second kappa shape index (κ2) is 12.8. The highest BCUT2D eigenvalue weighted by atomic mass is 35.5. The summed E-state index contributed by atoms with van der Waals surface area (Å²) in [5.74, 6) is -24.2. The van der Waals surface area contributed by atoms with Crippen LogP contribution in [0.15, 0.2) is 60.2 Å². The number of benzene rings is 3. The molecule has 3 saturated heterocycles. The molecule has 4 amide bonds. The first-order chi connectivity index (χ1) is 25.6. The van der Waals surface area contributed by atoms with Gasteiger partial charge in [0.15, 0.2) is 44.6 Å². The van der Waals surface area contributed by atoms with Crippen LogP contribution in [0.5, 0.6) is 5.75 Å². The molecule has 6 atom stereocenters. The van der Waals surface area contributed by atoms with Gasteiger partial charge in [-0.1, -0.05) is 54.1 Å². The molecule has 1 saturated carbocycles. The van der Waals surface area contributed by atoms with Gasteiger partial charge in [-0.15, -0.1) is 23.2 Å². The number of carbonyl (C=O) groups excluding carboxylic acids is 4. The average Bonchev–Trinajstić information content (AvgIpc) is 3.50. The molecule has 5 aliphatic rings. The van der Waals surface area contributed by atoms with E-state index in [1.54, 1.807) is 0 Å². The largest absolute Gasteiger partial charge is 0.505 e.